The van der Waals surface area contributed by atoms with Gasteiger partial charge in [-0.15, -0.1) is 0 Å². The molecule has 0 aliphatic heterocycles. The number of hydrogen-bond donors (Lipinski definition) is 1. The van der Waals surface area contributed by atoms with Gasteiger partial charge in [-0.25, -0.2) is 0 Å². The second-order valence-corrected chi connectivity index (χ2v) is 3.19. The number of hydrogen-bond acceptors (Lipinski definition) is 2. The molecule has 0 saturated heterocycles. The highest BCUT2D eigenvalue weighted by Crippen LogP contribution is 2.04. The van der Waals surface area contributed by atoms with Crippen LogP contribution in [0.15, 0.2) is 12.4 Å². The Labute approximate surface area is 81.9 Å². The van der Waals surface area contributed by atoms with E-state index in [2.05, 4.69) is 10.4 Å². The molecule has 0 aliphatic carbocycles. The third kappa shape index (κ3) is 3.94. The van der Waals surface area contributed by atoms with Crippen molar-refractivity contribution >= 4 is 17.5 Å². The van der Waals surface area contributed by atoms with Crippen LogP contribution in [0.5, 0.6) is 0 Å². The van der Waals surface area contributed by atoms with Crippen LogP contribution >= 0.6 is 11.6 Å². The standard InChI is InChI=1S/C8H12ClN3O/c1-7(13)10-3-2-4-12-6-8(9)5-11-12/h5-6H,2-4H2,1H3,(H,10,13). The fraction of sp³-hybridized carbons (Fsp3) is 0.500. The monoisotopic (exact) mass is 201 g/mol. The van der Waals surface area contributed by atoms with Crippen molar-refractivity contribution < 1.29 is 4.79 Å². The molecule has 0 atom stereocenters. The van der Waals surface area contributed by atoms with Gasteiger partial charge in [0, 0.05) is 26.2 Å². The first-order valence-corrected chi connectivity index (χ1v) is 4.48. The largest absolute Gasteiger partial charge is 0.356 e. The zero-order valence-electron chi connectivity index (χ0n) is 7.46. The average Bonchev–Trinajstić information content (AvgIpc) is 2.45. The summed E-state index contributed by atoms with van der Waals surface area (Å²) in [6, 6.07) is 0. The van der Waals surface area contributed by atoms with E-state index in [1.54, 1.807) is 17.1 Å². The summed E-state index contributed by atoms with van der Waals surface area (Å²) in [6.07, 6.45) is 4.22. The highest BCUT2D eigenvalue weighted by atomic mass is 35.5. The Hall–Kier alpha value is -1.03. The molecule has 0 bridgehead atoms. The molecule has 0 aliphatic rings. The summed E-state index contributed by atoms with van der Waals surface area (Å²) in [7, 11) is 0. The number of halogens is 1. The SMILES string of the molecule is CC(=O)NCCCn1cc(Cl)cn1. The molecule has 1 rings (SSSR count). The second-order valence-electron chi connectivity index (χ2n) is 2.76. The number of rotatable bonds is 4. The van der Waals surface area contributed by atoms with Crippen molar-refractivity contribution in [1.82, 2.24) is 15.1 Å². The van der Waals surface area contributed by atoms with Crippen LogP contribution in [0.25, 0.3) is 0 Å². The fourth-order valence-electron chi connectivity index (χ4n) is 0.966. The fourth-order valence-corrected chi connectivity index (χ4v) is 1.12. The van der Waals surface area contributed by atoms with Crippen molar-refractivity contribution in [1.29, 1.82) is 0 Å². The number of nitrogens with one attached hydrogen (secondary N) is 1. The maximum Gasteiger partial charge on any atom is 0.216 e. The van der Waals surface area contributed by atoms with Gasteiger partial charge in [0.05, 0.1) is 11.2 Å². The number of aromatic nitrogens is 2. The van der Waals surface area contributed by atoms with Gasteiger partial charge in [-0.3, -0.25) is 9.48 Å². The van der Waals surface area contributed by atoms with Gasteiger partial charge < -0.3 is 5.32 Å². The molecule has 0 fully saturated rings. The molecule has 72 valence electrons. The zero-order chi connectivity index (χ0) is 9.68. The highest BCUT2D eigenvalue weighted by Gasteiger charge is 1.95. The number of carbonyl (C=O) groups excluding carboxylic acids is 1. The molecule has 0 saturated carbocycles. The summed E-state index contributed by atoms with van der Waals surface area (Å²) < 4.78 is 1.75. The lowest BCUT2D eigenvalue weighted by molar-refractivity contribution is -0.118. The van der Waals surface area contributed by atoms with Crippen LogP contribution in [0.4, 0.5) is 0 Å². The van der Waals surface area contributed by atoms with Crippen LogP contribution in [-0.2, 0) is 11.3 Å². The summed E-state index contributed by atoms with van der Waals surface area (Å²) in [5.74, 6) is -0.00139. The summed E-state index contributed by atoms with van der Waals surface area (Å²) in [5.41, 5.74) is 0. The lowest BCUT2D eigenvalue weighted by atomic mass is 10.4. The van der Waals surface area contributed by atoms with Crippen LogP contribution in [0.2, 0.25) is 5.02 Å². The molecule has 5 heteroatoms. The normalized spacial score (nSPS) is 10.0. The number of carbonyl (C=O) groups is 1. The molecule has 1 amide bonds. The van der Waals surface area contributed by atoms with E-state index in [1.807, 2.05) is 0 Å². The van der Waals surface area contributed by atoms with Gasteiger partial charge >= 0.3 is 0 Å². The van der Waals surface area contributed by atoms with Crippen molar-refractivity contribution in [3.63, 3.8) is 0 Å². The van der Waals surface area contributed by atoms with Crippen molar-refractivity contribution in [2.75, 3.05) is 6.54 Å². The minimum atomic E-state index is -0.00139. The molecular weight excluding hydrogens is 190 g/mol. The van der Waals surface area contributed by atoms with Gasteiger partial charge in [0.25, 0.3) is 0 Å². The molecule has 13 heavy (non-hydrogen) atoms. The molecular formula is C8H12ClN3O. The number of aryl methyl sites for hydroxylation is 1. The third-order valence-electron chi connectivity index (χ3n) is 1.54. The van der Waals surface area contributed by atoms with Crippen LogP contribution in [0.3, 0.4) is 0 Å². The van der Waals surface area contributed by atoms with E-state index in [9.17, 15) is 4.79 Å². The van der Waals surface area contributed by atoms with Gasteiger partial charge in [-0.2, -0.15) is 5.10 Å². The molecule has 0 radical (unpaired) electrons. The Bertz CT molecular complexity index is 285. The average molecular weight is 202 g/mol. The van der Waals surface area contributed by atoms with E-state index in [1.165, 1.54) is 6.92 Å². The Morgan fingerprint density at radius 1 is 1.77 bits per heavy atom. The zero-order valence-corrected chi connectivity index (χ0v) is 8.21. The first-order chi connectivity index (χ1) is 6.18. The minimum absolute atomic E-state index is 0.00139. The van der Waals surface area contributed by atoms with E-state index in [-0.39, 0.29) is 5.91 Å². The summed E-state index contributed by atoms with van der Waals surface area (Å²) >= 11 is 5.67. The molecule has 0 spiro atoms. The van der Waals surface area contributed by atoms with E-state index in [0.717, 1.165) is 13.0 Å². The Morgan fingerprint density at radius 3 is 3.08 bits per heavy atom. The lowest BCUT2D eigenvalue weighted by Gasteiger charge is -2.01. The second kappa shape index (κ2) is 4.87. The Morgan fingerprint density at radius 2 is 2.54 bits per heavy atom. The molecule has 0 unspecified atom stereocenters. The van der Waals surface area contributed by atoms with Crippen LogP contribution in [0.1, 0.15) is 13.3 Å². The maximum atomic E-state index is 10.5. The third-order valence-corrected chi connectivity index (χ3v) is 1.73. The van der Waals surface area contributed by atoms with Gasteiger partial charge in [0.1, 0.15) is 0 Å². The van der Waals surface area contributed by atoms with E-state index in [0.29, 0.717) is 11.6 Å². The Kier molecular flexibility index (Phi) is 3.76. The molecule has 0 aromatic carbocycles. The number of nitrogens with zero attached hydrogens (tertiary/aromatic N) is 2. The van der Waals surface area contributed by atoms with E-state index in [4.69, 9.17) is 11.6 Å². The summed E-state index contributed by atoms with van der Waals surface area (Å²) in [4.78, 5) is 10.5. The molecule has 1 heterocycles. The van der Waals surface area contributed by atoms with Crippen molar-refractivity contribution in [3.05, 3.63) is 17.4 Å². The van der Waals surface area contributed by atoms with Crippen molar-refractivity contribution in [2.24, 2.45) is 0 Å². The van der Waals surface area contributed by atoms with Crippen molar-refractivity contribution in [3.8, 4) is 0 Å². The minimum Gasteiger partial charge on any atom is -0.356 e. The van der Waals surface area contributed by atoms with Gasteiger partial charge in [-0.1, -0.05) is 11.6 Å². The highest BCUT2D eigenvalue weighted by molar-refractivity contribution is 6.30. The van der Waals surface area contributed by atoms with E-state index >= 15 is 0 Å². The smallest absolute Gasteiger partial charge is 0.216 e. The van der Waals surface area contributed by atoms with Crippen LogP contribution in [-0.4, -0.2) is 22.2 Å². The molecule has 1 aromatic heterocycles. The predicted molar refractivity (Wildman–Crippen MR) is 50.5 cm³/mol. The maximum absolute atomic E-state index is 10.5. The quantitative estimate of drug-likeness (QED) is 0.741. The van der Waals surface area contributed by atoms with E-state index < -0.39 is 0 Å². The Balaban J connectivity index is 2.16. The molecule has 4 nitrogen and oxygen atoms in total. The first-order valence-electron chi connectivity index (χ1n) is 4.11. The number of amides is 1. The molecule has 1 N–H and O–H groups in total. The van der Waals surface area contributed by atoms with Crippen LogP contribution < -0.4 is 5.32 Å². The first kappa shape index (κ1) is 10.1. The molecule has 1 aromatic rings. The van der Waals surface area contributed by atoms with Crippen molar-refractivity contribution in [2.45, 2.75) is 19.9 Å². The van der Waals surface area contributed by atoms with Gasteiger partial charge in [-0.05, 0) is 6.42 Å². The predicted octanol–water partition coefficient (Wildman–Crippen LogP) is 1.06. The lowest BCUT2D eigenvalue weighted by Crippen LogP contribution is -2.22. The summed E-state index contributed by atoms with van der Waals surface area (Å²) in [5, 5.41) is 7.35. The van der Waals surface area contributed by atoms with Gasteiger partial charge in [0.15, 0.2) is 0 Å². The van der Waals surface area contributed by atoms with Crippen LogP contribution in [0, 0.1) is 0 Å². The summed E-state index contributed by atoms with van der Waals surface area (Å²) in [6.45, 7) is 2.95. The topological polar surface area (TPSA) is 46.9 Å². The van der Waals surface area contributed by atoms with Gasteiger partial charge in [0.2, 0.25) is 5.91 Å².